The molecule has 1 saturated heterocycles. The molecule has 9 rings (SSSR count). The van der Waals surface area contributed by atoms with Crippen molar-refractivity contribution < 1.29 is 27.2 Å². The fourth-order valence-electron chi connectivity index (χ4n) is 9.27. The highest BCUT2D eigenvalue weighted by atomic mass is 19.3. The number of imidazole rings is 1. The van der Waals surface area contributed by atoms with E-state index in [2.05, 4.69) is 20.5 Å². The lowest BCUT2D eigenvalue weighted by Gasteiger charge is -2.48. The molecule has 54 heavy (non-hydrogen) atoms. The molecule has 2 atom stereocenters. The molecule has 2 N–H and O–H groups in total. The third kappa shape index (κ3) is 5.33. The largest absolute Gasteiger partial charge is 0.341 e. The number of hydrogen-bond acceptors (Lipinski definition) is 7. The second-order valence-corrected chi connectivity index (χ2v) is 16.9. The summed E-state index contributed by atoms with van der Waals surface area (Å²) in [6.45, 7) is 10.1. The first-order valence-electron chi connectivity index (χ1n) is 19.0. The highest BCUT2D eigenvalue weighted by Gasteiger charge is 2.54. The normalized spacial score (nSPS) is 25.2. The van der Waals surface area contributed by atoms with Crippen molar-refractivity contribution in [1.29, 1.82) is 0 Å². The maximum Gasteiger partial charge on any atom is 0.261 e. The Kier molecular flexibility index (Phi) is 7.94. The number of fused-ring (bicyclic) bond motifs is 4. The maximum atomic E-state index is 15.7. The number of pyridine rings is 2. The van der Waals surface area contributed by atoms with E-state index in [0.717, 1.165) is 37.1 Å². The summed E-state index contributed by atoms with van der Waals surface area (Å²) in [4.78, 5) is 46.1. The number of aromatic nitrogens is 4. The molecule has 2 bridgehead atoms. The maximum absolute atomic E-state index is 15.7. The van der Waals surface area contributed by atoms with Crippen LogP contribution >= 0.6 is 0 Å². The van der Waals surface area contributed by atoms with Crippen molar-refractivity contribution in [3.8, 4) is 11.3 Å². The van der Waals surface area contributed by atoms with Crippen LogP contribution in [0.2, 0.25) is 0 Å². The van der Waals surface area contributed by atoms with Crippen LogP contribution < -0.4 is 15.5 Å². The van der Waals surface area contributed by atoms with E-state index < -0.39 is 34.9 Å². The topological polar surface area (TPSA) is 108 Å². The summed E-state index contributed by atoms with van der Waals surface area (Å²) >= 11 is 0. The van der Waals surface area contributed by atoms with Gasteiger partial charge in [-0.2, -0.15) is 0 Å². The Bertz CT molecular complexity index is 2230. The van der Waals surface area contributed by atoms with Gasteiger partial charge in [0.1, 0.15) is 11.1 Å². The van der Waals surface area contributed by atoms with Gasteiger partial charge in [0.2, 0.25) is 5.91 Å². The van der Waals surface area contributed by atoms with E-state index in [1.54, 1.807) is 18.6 Å². The first-order chi connectivity index (χ1) is 25.7. The monoisotopic (exact) mass is 744 g/mol. The van der Waals surface area contributed by atoms with Gasteiger partial charge in [0.25, 0.3) is 12.3 Å². The third-order valence-electron chi connectivity index (χ3n) is 12.8. The number of nitrogens with one attached hydrogen (secondary N) is 2. The number of nitrogens with zero attached hydrogens (tertiary/aromatic N) is 6. The van der Waals surface area contributed by atoms with E-state index in [0.29, 0.717) is 40.1 Å². The van der Waals surface area contributed by atoms with E-state index in [9.17, 15) is 18.4 Å². The average Bonchev–Trinajstić information content (AvgIpc) is 3.40. The molecule has 3 saturated carbocycles. The van der Waals surface area contributed by atoms with Gasteiger partial charge in [-0.05, 0) is 104 Å². The Morgan fingerprint density at radius 1 is 0.981 bits per heavy atom. The Labute approximate surface area is 310 Å². The number of likely N-dealkylation sites (tertiary alicyclic amines) is 1. The molecule has 14 heteroatoms. The van der Waals surface area contributed by atoms with Crippen molar-refractivity contribution in [2.45, 2.75) is 121 Å². The molecule has 1 aromatic carbocycles. The third-order valence-corrected chi connectivity index (χ3v) is 12.8. The Balaban J connectivity index is 1.07. The van der Waals surface area contributed by atoms with Crippen LogP contribution in [0, 0.1) is 24.5 Å². The molecule has 0 radical (unpaired) electrons. The predicted molar refractivity (Wildman–Crippen MR) is 196 cm³/mol. The zero-order chi connectivity index (χ0) is 38.0. The zero-order valence-corrected chi connectivity index (χ0v) is 31.0. The summed E-state index contributed by atoms with van der Waals surface area (Å²) < 4.78 is 60.3. The minimum Gasteiger partial charge on any atom is -0.341 e. The Hall–Kier alpha value is -4.59. The van der Waals surface area contributed by atoms with Crippen LogP contribution in [0.15, 0.2) is 30.7 Å². The number of rotatable bonds is 9. The number of halogens is 4. The van der Waals surface area contributed by atoms with Crippen LogP contribution in [0.1, 0.15) is 100 Å². The van der Waals surface area contributed by atoms with E-state index in [-0.39, 0.29) is 53.5 Å². The number of anilines is 3. The first kappa shape index (κ1) is 35.1. The number of carbonyl (C=O) groups is 2. The highest BCUT2D eigenvalue weighted by Crippen LogP contribution is 2.49. The van der Waals surface area contributed by atoms with E-state index in [1.165, 1.54) is 26.2 Å². The molecule has 3 aliphatic carbocycles. The predicted octanol–water partition coefficient (Wildman–Crippen LogP) is 7.57. The number of hydrogen-bond donors (Lipinski definition) is 2. The molecule has 4 fully saturated rings. The quantitative estimate of drug-likeness (QED) is 0.170. The van der Waals surface area contributed by atoms with E-state index in [4.69, 9.17) is 9.97 Å². The molecule has 284 valence electrons. The lowest BCUT2D eigenvalue weighted by Crippen LogP contribution is -2.57. The molecule has 0 spiro atoms. The first-order valence-corrected chi connectivity index (χ1v) is 19.0. The van der Waals surface area contributed by atoms with Gasteiger partial charge in [0, 0.05) is 53.6 Å². The number of carbonyl (C=O) groups excluding carboxylic acids is 2. The van der Waals surface area contributed by atoms with Crippen LogP contribution in [0.3, 0.4) is 0 Å². The van der Waals surface area contributed by atoms with Gasteiger partial charge in [-0.15, -0.1) is 0 Å². The van der Waals surface area contributed by atoms with Crippen LogP contribution in [0.4, 0.5) is 34.8 Å². The van der Waals surface area contributed by atoms with E-state index >= 15 is 8.78 Å². The summed E-state index contributed by atoms with van der Waals surface area (Å²) in [5.41, 5.74) is 0.104. The van der Waals surface area contributed by atoms with Crippen molar-refractivity contribution in [3.63, 3.8) is 0 Å². The minimum atomic E-state index is -2.79. The van der Waals surface area contributed by atoms with Crippen LogP contribution in [-0.4, -0.2) is 72.9 Å². The van der Waals surface area contributed by atoms with Crippen LogP contribution in [0.5, 0.6) is 0 Å². The van der Waals surface area contributed by atoms with Crippen molar-refractivity contribution in [2.24, 2.45) is 5.92 Å². The number of amides is 2. The zero-order valence-electron chi connectivity index (χ0n) is 31.0. The standard InChI is InChI=1S/C40H44F4N8O2/c1-19(2)51-18-46-29-15-27(47-35(33(29)51)48-28-14-26(20(3)31(41)32(28)42)36(53)49-40(8-9-40)37(43)44)22-11-30-34(45-16-22)39(4,5)38(54)52(30)25-12-24(13-25)50-17-21-6-7-23(50)10-21/h11,14-16,18-19,21,23-25,37H,6-10,12-13,17H2,1-5H3,(H,47,48)(H,49,53)/t21-,23+,24-,25+/m0/s1. The minimum absolute atomic E-state index is 0.0212. The van der Waals surface area contributed by atoms with Crippen molar-refractivity contribution in [2.75, 3.05) is 16.8 Å². The molecule has 2 aliphatic heterocycles. The molecule has 2 amide bonds. The SMILES string of the molecule is Cc1c(C(=O)NC2(C(F)F)CC2)cc(Nc2nc(-c3cnc4c(c3)N([C@H]3C[C@@H](N5C[C@H]6CC[C@@H]5C6)C3)C(=O)C4(C)C)cc3ncn(C(C)C)c23)c(F)c1F. The summed E-state index contributed by atoms with van der Waals surface area (Å²) in [5, 5.41) is 5.27. The lowest BCUT2D eigenvalue weighted by atomic mass is 9.82. The van der Waals surface area contributed by atoms with Crippen molar-refractivity contribution in [1.82, 2.24) is 29.7 Å². The summed E-state index contributed by atoms with van der Waals surface area (Å²) in [5.74, 6) is -2.46. The summed E-state index contributed by atoms with van der Waals surface area (Å²) in [7, 11) is 0. The molecule has 5 aliphatic rings. The van der Waals surface area contributed by atoms with Gasteiger partial charge in [-0.25, -0.2) is 27.5 Å². The smallest absolute Gasteiger partial charge is 0.261 e. The molecule has 5 heterocycles. The molecule has 3 aromatic heterocycles. The van der Waals surface area contributed by atoms with Crippen molar-refractivity contribution >= 4 is 40.0 Å². The summed E-state index contributed by atoms with van der Waals surface area (Å²) in [6, 6.07) is 5.98. The second-order valence-electron chi connectivity index (χ2n) is 16.9. The average molecular weight is 745 g/mol. The fraction of sp³-hybridized carbons (Fsp3) is 0.525. The van der Waals surface area contributed by atoms with Gasteiger partial charge in [-0.1, -0.05) is 0 Å². The molecule has 10 nitrogen and oxygen atoms in total. The Morgan fingerprint density at radius 3 is 2.39 bits per heavy atom. The van der Waals surface area contributed by atoms with Crippen LogP contribution in [-0.2, 0) is 10.2 Å². The Morgan fingerprint density at radius 2 is 1.74 bits per heavy atom. The van der Waals surface area contributed by atoms with Gasteiger partial charge in [0.15, 0.2) is 17.5 Å². The van der Waals surface area contributed by atoms with Gasteiger partial charge < -0.3 is 20.1 Å². The van der Waals surface area contributed by atoms with Crippen LogP contribution in [0.25, 0.3) is 22.3 Å². The van der Waals surface area contributed by atoms with Gasteiger partial charge in [0.05, 0.1) is 40.0 Å². The van der Waals surface area contributed by atoms with Crippen molar-refractivity contribution in [3.05, 3.63) is 59.2 Å². The lowest BCUT2D eigenvalue weighted by molar-refractivity contribution is -0.123. The van der Waals surface area contributed by atoms with Gasteiger partial charge in [-0.3, -0.25) is 19.5 Å². The highest BCUT2D eigenvalue weighted by molar-refractivity contribution is 6.08. The second kappa shape index (κ2) is 12.2. The molecular formula is C40H44F4N8O2. The fourth-order valence-corrected chi connectivity index (χ4v) is 9.27. The number of alkyl halides is 2. The summed E-state index contributed by atoms with van der Waals surface area (Å²) in [6.07, 6.45) is 6.44. The van der Waals surface area contributed by atoms with E-state index in [1.807, 2.05) is 43.2 Å². The number of piperidine rings is 1. The molecule has 4 aromatic rings. The molecule has 0 unspecified atom stereocenters. The molecular weight excluding hydrogens is 700 g/mol. The van der Waals surface area contributed by atoms with Gasteiger partial charge >= 0.3 is 0 Å². The number of benzene rings is 1.